The second kappa shape index (κ2) is 13.5. The Bertz CT molecular complexity index is 1400. The Hall–Kier alpha value is -3.39. The molecule has 0 aromatic carbocycles. The molecule has 2 aliphatic rings. The van der Waals surface area contributed by atoms with E-state index in [0.717, 1.165) is 19.2 Å². The lowest BCUT2D eigenvalue weighted by molar-refractivity contribution is -0.190. The molecular formula is C24H35FN3O16P. The summed E-state index contributed by atoms with van der Waals surface area (Å²) in [7, 11) is -5.14. The van der Waals surface area contributed by atoms with E-state index in [2.05, 4.69) is 9.47 Å². The van der Waals surface area contributed by atoms with E-state index in [1.165, 1.54) is 34.6 Å². The number of alkyl halides is 1. The van der Waals surface area contributed by atoms with Crippen molar-refractivity contribution in [1.82, 2.24) is 9.55 Å². The van der Waals surface area contributed by atoms with Crippen molar-refractivity contribution in [3.8, 4) is 0 Å². The highest BCUT2D eigenvalue weighted by Gasteiger charge is 2.96. The highest BCUT2D eigenvalue weighted by molar-refractivity contribution is 7.48. The van der Waals surface area contributed by atoms with Crippen LogP contribution in [-0.4, -0.2) is 94.4 Å². The number of phosphoric ester groups is 1. The van der Waals surface area contributed by atoms with E-state index in [0.29, 0.717) is 4.57 Å². The number of H-pyrrole nitrogens is 1. The fourth-order valence-corrected chi connectivity index (χ4v) is 5.68. The van der Waals surface area contributed by atoms with Crippen LogP contribution in [0.1, 0.15) is 47.8 Å². The predicted octanol–water partition coefficient (Wildman–Crippen LogP) is 0.732. The second-order valence-electron chi connectivity index (χ2n) is 10.7. The average Bonchev–Trinajstić information content (AvgIpc) is 3.37. The van der Waals surface area contributed by atoms with E-state index in [-0.39, 0.29) is 0 Å². The van der Waals surface area contributed by atoms with Crippen LogP contribution in [0.25, 0.3) is 0 Å². The third-order valence-corrected chi connectivity index (χ3v) is 7.81. The van der Waals surface area contributed by atoms with Gasteiger partial charge in [-0.1, -0.05) is 0 Å². The van der Waals surface area contributed by atoms with Crippen LogP contribution < -0.4 is 17.0 Å². The van der Waals surface area contributed by atoms with Gasteiger partial charge in [0.05, 0.1) is 12.2 Å². The van der Waals surface area contributed by atoms with Crippen molar-refractivity contribution >= 4 is 26.1 Å². The Labute approximate surface area is 254 Å². The zero-order valence-electron chi connectivity index (χ0n) is 25.1. The summed E-state index contributed by atoms with van der Waals surface area (Å²) in [6.45, 7) is 4.37. The number of carbonyl (C=O) groups excluding carboxylic acids is 3. The van der Waals surface area contributed by atoms with Gasteiger partial charge in [0.2, 0.25) is 19.2 Å². The number of esters is 1. The third-order valence-electron chi connectivity index (χ3n) is 6.50. The Kier molecular flexibility index (Phi) is 10.9. The van der Waals surface area contributed by atoms with Crippen molar-refractivity contribution < 1.29 is 70.4 Å². The molecule has 19 nitrogen and oxygen atoms in total. The van der Waals surface area contributed by atoms with Crippen molar-refractivity contribution in [2.45, 2.75) is 88.9 Å². The highest BCUT2D eigenvalue weighted by atomic mass is 31.2. The van der Waals surface area contributed by atoms with Crippen LogP contribution in [0.15, 0.2) is 21.9 Å². The van der Waals surface area contributed by atoms with Gasteiger partial charge >= 0.3 is 31.8 Å². The lowest BCUT2D eigenvalue weighted by Crippen LogP contribution is -2.54. The van der Waals surface area contributed by atoms with Crippen molar-refractivity contribution in [1.29, 1.82) is 0 Å². The van der Waals surface area contributed by atoms with Crippen LogP contribution in [0.2, 0.25) is 0 Å². The molecule has 4 N–H and O–H groups in total. The summed E-state index contributed by atoms with van der Waals surface area (Å²) in [6, 6.07) is -0.435. The van der Waals surface area contributed by atoms with Crippen LogP contribution in [0.5, 0.6) is 0 Å². The van der Waals surface area contributed by atoms with Crippen molar-refractivity contribution in [3.63, 3.8) is 0 Å². The molecule has 0 bridgehead atoms. The topological polar surface area (TPSA) is 252 Å². The Morgan fingerprint density at radius 1 is 1.09 bits per heavy atom. The fourth-order valence-electron chi connectivity index (χ4n) is 4.54. The predicted molar refractivity (Wildman–Crippen MR) is 143 cm³/mol. The number of rotatable bonds is 14. The Morgan fingerprint density at radius 3 is 2.07 bits per heavy atom. The molecule has 0 radical (unpaired) electrons. The van der Waals surface area contributed by atoms with Crippen LogP contribution in [0, 0.1) is 0 Å². The Morgan fingerprint density at radius 2 is 1.62 bits per heavy atom. The number of hydrogen-bond acceptors (Lipinski definition) is 17. The molecule has 254 valence electrons. The second-order valence-corrected chi connectivity index (χ2v) is 12.3. The number of carbonyl (C=O) groups is 3. The molecule has 1 aliphatic carbocycles. The molecule has 3 rings (SSSR count). The maximum absolute atomic E-state index is 15.0. The standard InChI is InChI=1S/C24H35FN3O16P/c1-12(2)40-20(32)36-10-38-45(35,39-11-37-21(33)41-13(3)4)44-17-23(9-25)24(17,42-16(30)14(5)26)22(6,34)18(43-23)28-8-7-15(29)27-19(28)31/h7-8,12-14,17-18,34H,9-11,26H2,1-6H3,(H,27,29,31)/t14?,17?,18-,22+,23-,24+/m1/s1. The number of halogens is 1. The SMILES string of the molecule is CC(C)OC(=O)OCOP(=O)(OCOC(=O)OC(C)C)OC1[C@]2(OC(=O)C(C)N)[C@@](C)(O)[C@H](n3ccc(=O)[nH]c3=O)O[C@]12CF. The minimum Gasteiger partial charge on any atom is -0.448 e. The smallest absolute Gasteiger partial charge is 0.448 e. The van der Waals surface area contributed by atoms with Gasteiger partial charge in [-0.25, -0.2) is 32.4 Å². The average molecular weight is 672 g/mol. The van der Waals surface area contributed by atoms with Gasteiger partial charge in [0, 0.05) is 12.3 Å². The van der Waals surface area contributed by atoms with Gasteiger partial charge in [0.15, 0.2) is 23.5 Å². The van der Waals surface area contributed by atoms with Crippen molar-refractivity contribution in [3.05, 3.63) is 33.1 Å². The first-order valence-corrected chi connectivity index (χ1v) is 14.8. The number of hydrogen-bond donors (Lipinski definition) is 3. The first kappa shape index (κ1) is 36.1. The fraction of sp³-hybridized carbons (Fsp3) is 0.708. The molecule has 21 heteroatoms. The Balaban J connectivity index is 1.97. The van der Waals surface area contributed by atoms with Crippen LogP contribution in [0.3, 0.4) is 0 Å². The monoisotopic (exact) mass is 671 g/mol. The zero-order valence-corrected chi connectivity index (χ0v) is 26.0. The molecule has 1 saturated carbocycles. The van der Waals surface area contributed by atoms with E-state index in [1.807, 2.05) is 4.98 Å². The third kappa shape index (κ3) is 7.21. The lowest BCUT2D eigenvalue weighted by atomic mass is 9.93. The maximum atomic E-state index is 15.0. The normalized spacial score (nSPS) is 27.9. The molecule has 6 atom stereocenters. The maximum Gasteiger partial charge on any atom is 0.510 e. The number of ether oxygens (including phenoxy) is 6. The molecule has 2 unspecified atom stereocenters. The number of nitrogens with two attached hydrogens (primary N) is 1. The quantitative estimate of drug-likeness (QED) is 0.107. The van der Waals surface area contributed by atoms with Gasteiger partial charge in [-0.2, -0.15) is 0 Å². The van der Waals surface area contributed by atoms with E-state index in [1.54, 1.807) is 0 Å². The number of nitrogens with one attached hydrogen (secondary N) is 1. The molecular weight excluding hydrogens is 636 g/mol. The molecule has 2 heterocycles. The summed E-state index contributed by atoms with van der Waals surface area (Å²) >= 11 is 0. The summed E-state index contributed by atoms with van der Waals surface area (Å²) in [5.41, 5.74) is -3.90. The van der Waals surface area contributed by atoms with Gasteiger partial charge < -0.3 is 39.3 Å². The molecule has 1 aromatic heterocycles. The number of aliphatic hydroxyl groups is 1. The molecule has 0 spiro atoms. The first-order chi connectivity index (χ1) is 20.9. The van der Waals surface area contributed by atoms with Gasteiger partial charge in [0.1, 0.15) is 12.7 Å². The van der Waals surface area contributed by atoms with E-state index in [4.69, 9.17) is 38.3 Å². The summed E-state index contributed by atoms with van der Waals surface area (Å²) in [5.74, 6) is -1.20. The van der Waals surface area contributed by atoms with Gasteiger partial charge in [-0.3, -0.25) is 23.7 Å². The number of phosphoric acid groups is 1. The van der Waals surface area contributed by atoms with Crippen LogP contribution in [-0.2, 0) is 51.4 Å². The molecule has 2 fully saturated rings. The van der Waals surface area contributed by atoms with Gasteiger partial charge in [0.25, 0.3) is 5.56 Å². The number of aromatic amines is 1. The molecule has 0 amide bonds. The molecule has 1 aliphatic heterocycles. The summed E-state index contributed by atoms with van der Waals surface area (Å²) < 4.78 is 74.9. The lowest BCUT2D eigenvalue weighted by Gasteiger charge is -2.35. The van der Waals surface area contributed by atoms with Gasteiger partial charge in [-0.05, 0) is 41.5 Å². The van der Waals surface area contributed by atoms with Gasteiger partial charge in [-0.15, -0.1) is 0 Å². The number of nitrogens with zero attached hydrogens (tertiary/aromatic N) is 1. The van der Waals surface area contributed by atoms with Crippen molar-refractivity contribution in [2.24, 2.45) is 5.73 Å². The van der Waals surface area contributed by atoms with Crippen LogP contribution >= 0.6 is 7.82 Å². The zero-order chi connectivity index (χ0) is 34.0. The molecule has 45 heavy (non-hydrogen) atoms. The highest BCUT2D eigenvalue weighted by Crippen LogP contribution is 2.73. The number of fused-ring (bicyclic) bond motifs is 1. The summed E-state index contributed by atoms with van der Waals surface area (Å²) in [6.07, 6.45) is -6.60. The molecule has 1 aromatic rings. The number of aromatic nitrogens is 2. The minimum atomic E-state index is -5.14. The summed E-state index contributed by atoms with van der Waals surface area (Å²) in [4.78, 5) is 62.3. The van der Waals surface area contributed by atoms with Crippen molar-refractivity contribution in [2.75, 3.05) is 20.3 Å². The van der Waals surface area contributed by atoms with Crippen LogP contribution in [0.4, 0.5) is 14.0 Å². The van der Waals surface area contributed by atoms with E-state index >= 15 is 0 Å². The van der Waals surface area contributed by atoms with E-state index in [9.17, 15) is 38.0 Å². The van der Waals surface area contributed by atoms with E-state index < -0.39 is 105 Å². The first-order valence-electron chi connectivity index (χ1n) is 13.4. The largest absolute Gasteiger partial charge is 0.510 e. The molecule has 1 saturated heterocycles. The minimum absolute atomic E-state index is 0.603. The summed E-state index contributed by atoms with van der Waals surface area (Å²) in [5, 5.41) is 11.7.